The summed E-state index contributed by atoms with van der Waals surface area (Å²) in [6.07, 6.45) is -0.219. The van der Waals surface area contributed by atoms with E-state index >= 15 is 0 Å². The Morgan fingerprint density at radius 3 is 2.46 bits per heavy atom. The maximum Gasteiger partial charge on any atom is 0.305 e. The van der Waals surface area contributed by atoms with E-state index in [1.54, 1.807) is 13.8 Å². The van der Waals surface area contributed by atoms with Gasteiger partial charge in [-0.05, 0) is 30.2 Å². The molecule has 0 spiro atoms. The lowest BCUT2D eigenvalue weighted by atomic mass is 10.0. The first kappa shape index (κ1) is 21.3. The Bertz CT molecular complexity index is 750. The van der Waals surface area contributed by atoms with Crippen LogP contribution >= 0.6 is 0 Å². The van der Waals surface area contributed by atoms with Crippen molar-refractivity contribution in [2.24, 2.45) is 11.8 Å². The van der Waals surface area contributed by atoms with Crippen molar-refractivity contribution in [2.45, 2.75) is 32.7 Å². The molecule has 3 amide bonds. The van der Waals surface area contributed by atoms with Crippen molar-refractivity contribution >= 4 is 29.4 Å². The summed E-state index contributed by atoms with van der Waals surface area (Å²) in [5, 5.41) is 13.8. The summed E-state index contributed by atoms with van der Waals surface area (Å²) in [6.45, 7) is 3.62. The van der Waals surface area contributed by atoms with Crippen LogP contribution in [0.3, 0.4) is 0 Å². The number of carbonyl (C=O) groups excluding carboxylic acids is 3. The second-order valence-corrected chi connectivity index (χ2v) is 7.05. The van der Waals surface area contributed by atoms with Crippen LogP contribution in [0.25, 0.3) is 0 Å². The van der Waals surface area contributed by atoms with Crippen molar-refractivity contribution in [2.75, 3.05) is 18.0 Å². The third kappa shape index (κ3) is 5.51. The number of nitrogens with zero attached hydrogens (tertiary/aromatic N) is 1. The van der Waals surface area contributed by atoms with E-state index in [2.05, 4.69) is 10.6 Å². The lowest BCUT2D eigenvalue weighted by Crippen LogP contribution is -2.51. The number of anilines is 1. The molecule has 1 heterocycles. The minimum absolute atomic E-state index is 0.00530. The third-order valence-electron chi connectivity index (χ3n) is 4.52. The van der Waals surface area contributed by atoms with Gasteiger partial charge in [0.1, 0.15) is 11.9 Å². The third-order valence-corrected chi connectivity index (χ3v) is 4.52. The predicted molar refractivity (Wildman–Crippen MR) is 98.9 cm³/mol. The van der Waals surface area contributed by atoms with Crippen molar-refractivity contribution in [1.82, 2.24) is 10.6 Å². The van der Waals surface area contributed by atoms with E-state index in [4.69, 9.17) is 5.11 Å². The summed E-state index contributed by atoms with van der Waals surface area (Å²) in [5.74, 6) is -3.45. The van der Waals surface area contributed by atoms with E-state index in [0.717, 1.165) is 0 Å². The summed E-state index contributed by atoms with van der Waals surface area (Å²) in [4.78, 5) is 49.1. The van der Waals surface area contributed by atoms with E-state index < -0.39 is 35.6 Å². The predicted octanol–water partition coefficient (Wildman–Crippen LogP) is 0.910. The number of carboxylic acids is 1. The summed E-state index contributed by atoms with van der Waals surface area (Å²) in [7, 11) is 0. The molecule has 0 aromatic heterocycles. The minimum Gasteiger partial charge on any atom is -0.481 e. The minimum atomic E-state index is -1.03. The zero-order valence-corrected chi connectivity index (χ0v) is 15.8. The van der Waals surface area contributed by atoms with Crippen LogP contribution in [0.5, 0.6) is 0 Å². The van der Waals surface area contributed by atoms with Gasteiger partial charge in [0.25, 0.3) is 0 Å². The van der Waals surface area contributed by atoms with Gasteiger partial charge in [-0.15, -0.1) is 0 Å². The molecule has 2 atom stereocenters. The Kier molecular flexibility index (Phi) is 7.08. The van der Waals surface area contributed by atoms with Crippen molar-refractivity contribution < 1.29 is 28.7 Å². The molecule has 1 aliphatic rings. The van der Waals surface area contributed by atoms with Gasteiger partial charge in [-0.25, -0.2) is 4.39 Å². The number of hydrogen-bond acceptors (Lipinski definition) is 4. The van der Waals surface area contributed by atoms with E-state index in [9.17, 15) is 23.6 Å². The number of rotatable bonds is 8. The standard InChI is InChI=1S/C19H24FN3O5/c1-11(2)17(19(28)21-8-7-16(25)26)22-18(27)12-9-15(24)23(10-12)14-5-3-13(20)4-6-14/h3-6,11-12,17H,7-10H2,1-2H3,(H,21,28)(H,22,27)(H,25,26)/t12-,17+/m1/s1. The second kappa shape index (κ2) is 9.29. The Morgan fingerprint density at radius 2 is 1.89 bits per heavy atom. The van der Waals surface area contributed by atoms with E-state index in [1.807, 2.05) is 0 Å². The topological polar surface area (TPSA) is 116 Å². The molecule has 0 bridgehead atoms. The fourth-order valence-electron chi connectivity index (χ4n) is 2.96. The molecule has 3 N–H and O–H groups in total. The number of amides is 3. The summed E-state index contributed by atoms with van der Waals surface area (Å²) < 4.78 is 13.1. The van der Waals surface area contributed by atoms with Gasteiger partial charge in [0.15, 0.2) is 0 Å². The number of carboxylic acid groups (broad SMARTS) is 1. The highest BCUT2D eigenvalue weighted by Crippen LogP contribution is 2.25. The molecule has 1 saturated heterocycles. The van der Waals surface area contributed by atoms with Crippen LogP contribution in [0.1, 0.15) is 26.7 Å². The van der Waals surface area contributed by atoms with Crippen molar-refractivity contribution in [3.8, 4) is 0 Å². The summed E-state index contributed by atoms with van der Waals surface area (Å²) >= 11 is 0. The number of halogens is 1. The van der Waals surface area contributed by atoms with Gasteiger partial charge >= 0.3 is 5.97 Å². The van der Waals surface area contributed by atoms with Gasteiger partial charge in [-0.2, -0.15) is 0 Å². The zero-order valence-electron chi connectivity index (χ0n) is 15.8. The smallest absolute Gasteiger partial charge is 0.305 e. The van der Waals surface area contributed by atoms with E-state index in [-0.39, 0.29) is 37.8 Å². The molecule has 1 fully saturated rings. The zero-order chi connectivity index (χ0) is 20.8. The lowest BCUT2D eigenvalue weighted by Gasteiger charge is -2.23. The molecule has 0 aliphatic carbocycles. The van der Waals surface area contributed by atoms with Gasteiger partial charge in [-0.1, -0.05) is 13.8 Å². The first-order chi connectivity index (χ1) is 13.2. The van der Waals surface area contributed by atoms with Crippen molar-refractivity contribution in [1.29, 1.82) is 0 Å². The molecule has 0 radical (unpaired) electrons. The molecule has 0 saturated carbocycles. The maximum atomic E-state index is 13.1. The highest BCUT2D eigenvalue weighted by molar-refractivity contribution is 6.01. The molecule has 2 rings (SSSR count). The molecule has 1 aromatic rings. The van der Waals surface area contributed by atoms with E-state index in [1.165, 1.54) is 29.2 Å². The van der Waals surface area contributed by atoms with Crippen LogP contribution in [0.15, 0.2) is 24.3 Å². The quantitative estimate of drug-likeness (QED) is 0.607. The van der Waals surface area contributed by atoms with Crippen LogP contribution in [0.2, 0.25) is 0 Å². The number of aliphatic carboxylic acids is 1. The highest BCUT2D eigenvalue weighted by Gasteiger charge is 2.37. The fourth-order valence-corrected chi connectivity index (χ4v) is 2.96. The highest BCUT2D eigenvalue weighted by atomic mass is 19.1. The number of nitrogens with one attached hydrogen (secondary N) is 2. The average Bonchev–Trinajstić information content (AvgIpc) is 3.01. The SMILES string of the molecule is CC(C)[C@H](NC(=O)[C@@H]1CC(=O)N(c2ccc(F)cc2)C1)C(=O)NCCC(=O)O. The average molecular weight is 393 g/mol. The van der Waals surface area contributed by atoms with Gasteiger partial charge in [0.05, 0.1) is 12.3 Å². The molecule has 1 aliphatic heterocycles. The van der Waals surface area contributed by atoms with E-state index in [0.29, 0.717) is 5.69 Å². The molecule has 152 valence electrons. The molecule has 9 heteroatoms. The first-order valence-electron chi connectivity index (χ1n) is 9.05. The molecular weight excluding hydrogens is 369 g/mol. The largest absolute Gasteiger partial charge is 0.481 e. The van der Waals surface area contributed by atoms with Gasteiger partial charge in [0, 0.05) is 25.2 Å². The second-order valence-electron chi connectivity index (χ2n) is 7.05. The monoisotopic (exact) mass is 393 g/mol. The van der Waals surface area contributed by atoms with Crippen LogP contribution in [-0.4, -0.2) is 47.9 Å². The molecular formula is C19H24FN3O5. The Balaban J connectivity index is 1.98. The van der Waals surface area contributed by atoms with Crippen molar-refractivity contribution in [3.63, 3.8) is 0 Å². The number of benzene rings is 1. The molecule has 0 unspecified atom stereocenters. The van der Waals surface area contributed by atoms with Crippen LogP contribution in [0, 0.1) is 17.7 Å². The lowest BCUT2D eigenvalue weighted by molar-refractivity contribution is -0.137. The van der Waals surface area contributed by atoms with Crippen LogP contribution in [-0.2, 0) is 19.2 Å². The number of hydrogen-bond donors (Lipinski definition) is 3. The normalized spacial score (nSPS) is 17.5. The summed E-state index contributed by atoms with van der Waals surface area (Å²) in [5.41, 5.74) is 0.508. The Labute approximate surface area is 162 Å². The molecule has 8 nitrogen and oxygen atoms in total. The maximum absolute atomic E-state index is 13.1. The molecule has 28 heavy (non-hydrogen) atoms. The first-order valence-corrected chi connectivity index (χ1v) is 9.05. The Hall–Kier alpha value is -2.97. The van der Waals surface area contributed by atoms with Crippen LogP contribution in [0.4, 0.5) is 10.1 Å². The summed E-state index contributed by atoms with van der Waals surface area (Å²) in [6, 6.07) is 4.59. The molecule has 1 aromatic carbocycles. The van der Waals surface area contributed by atoms with Gasteiger partial charge in [0.2, 0.25) is 17.7 Å². The number of carbonyl (C=O) groups is 4. The van der Waals surface area contributed by atoms with Gasteiger partial charge in [-0.3, -0.25) is 19.2 Å². The fraction of sp³-hybridized carbons (Fsp3) is 0.474. The Morgan fingerprint density at radius 1 is 1.25 bits per heavy atom. The van der Waals surface area contributed by atoms with Crippen LogP contribution < -0.4 is 15.5 Å². The van der Waals surface area contributed by atoms with Crippen molar-refractivity contribution in [3.05, 3.63) is 30.1 Å². The van der Waals surface area contributed by atoms with Gasteiger partial charge < -0.3 is 20.6 Å².